The van der Waals surface area contributed by atoms with E-state index in [2.05, 4.69) is 11.8 Å². The Morgan fingerprint density at radius 1 is 1.12 bits per heavy atom. The molecule has 1 saturated carbocycles. The van der Waals surface area contributed by atoms with Crippen molar-refractivity contribution in [3.63, 3.8) is 0 Å². The van der Waals surface area contributed by atoms with Gasteiger partial charge in [-0.05, 0) is 50.5 Å². The van der Waals surface area contributed by atoms with E-state index in [9.17, 15) is 4.39 Å². The Hall–Kier alpha value is -0.110. The summed E-state index contributed by atoms with van der Waals surface area (Å²) in [6.45, 7) is 5.98. The van der Waals surface area contributed by atoms with Gasteiger partial charge < -0.3 is 4.90 Å². The van der Waals surface area contributed by atoms with Gasteiger partial charge in [-0.2, -0.15) is 0 Å². The second-order valence-electron chi connectivity index (χ2n) is 5.81. The fourth-order valence-corrected chi connectivity index (χ4v) is 3.41. The van der Waals surface area contributed by atoms with Gasteiger partial charge in [0.2, 0.25) is 0 Å². The Kier molecular flexibility index (Phi) is 4.63. The van der Waals surface area contributed by atoms with Gasteiger partial charge in [-0.25, -0.2) is 4.39 Å². The van der Waals surface area contributed by atoms with E-state index in [-0.39, 0.29) is 0 Å². The van der Waals surface area contributed by atoms with Gasteiger partial charge in [0.25, 0.3) is 0 Å². The average molecular weight is 227 g/mol. The fraction of sp³-hybridized carbons (Fsp3) is 1.00. The maximum atomic E-state index is 13.3. The van der Waals surface area contributed by atoms with Crippen LogP contribution in [0.2, 0.25) is 0 Å². The van der Waals surface area contributed by atoms with Crippen LogP contribution in [0.25, 0.3) is 0 Å². The number of nitrogens with zero attached hydrogens (tertiary/aromatic N) is 1. The molecule has 3 atom stereocenters. The van der Waals surface area contributed by atoms with Crippen molar-refractivity contribution in [1.29, 1.82) is 0 Å². The Labute approximate surface area is 99.4 Å². The van der Waals surface area contributed by atoms with Crippen LogP contribution in [-0.2, 0) is 0 Å². The summed E-state index contributed by atoms with van der Waals surface area (Å²) in [5, 5.41) is 0. The van der Waals surface area contributed by atoms with E-state index in [1.807, 2.05) is 0 Å². The van der Waals surface area contributed by atoms with Crippen LogP contribution in [0.4, 0.5) is 4.39 Å². The number of hydrogen-bond acceptors (Lipinski definition) is 1. The van der Waals surface area contributed by atoms with Gasteiger partial charge in [-0.1, -0.05) is 19.8 Å². The highest BCUT2D eigenvalue weighted by molar-refractivity contribution is 4.78. The molecule has 2 heteroatoms. The lowest BCUT2D eigenvalue weighted by Crippen LogP contribution is -2.39. The Morgan fingerprint density at radius 3 is 2.69 bits per heavy atom. The Balaban J connectivity index is 1.75. The second-order valence-corrected chi connectivity index (χ2v) is 5.81. The fourth-order valence-electron chi connectivity index (χ4n) is 3.41. The molecule has 0 N–H and O–H groups in total. The molecule has 2 fully saturated rings. The highest BCUT2D eigenvalue weighted by atomic mass is 19.1. The molecule has 1 heterocycles. The largest absolute Gasteiger partial charge is 0.303 e. The van der Waals surface area contributed by atoms with Crippen molar-refractivity contribution in [2.45, 2.75) is 58.0 Å². The van der Waals surface area contributed by atoms with Gasteiger partial charge >= 0.3 is 0 Å². The van der Waals surface area contributed by atoms with E-state index in [1.165, 1.54) is 38.8 Å². The van der Waals surface area contributed by atoms with Crippen molar-refractivity contribution in [3.8, 4) is 0 Å². The van der Waals surface area contributed by atoms with Crippen molar-refractivity contribution in [2.24, 2.45) is 11.8 Å². The Morgan fingerprint density at radius 2 is 1.94 bits per heavy atom. The summed E-state index contributed by atoms with van der Waals surface area (Å²) < 4.78 is 13.3. The van der Waals surface area contributed by atoms with Gasteiger partial charge in [-0.3, -0.25) is 0 Å². The summed E-state index contributed by atoms with van der Waals surface area (Å²) in [6, 6.07) is 0. The lowest BCUT2D eigenvalue weighted by molar-refractivity contribution is 0.113. The van der Waals surface area contributed by atoms with Crippen molar-refractivity contribution >= 4 is 0 Å². The smallest absolute Gasteiger partial charge is 0.100 e. The van der Waals surface area contributed by atoms with Gasteiger partial charge in [0, 0.05) is 13.1 Å². The molecule has 0 aromatic carbocycles. The predicted octanol–water partition coefficient (Wildman–Crippen LogP) is 3.64. The standard InChI is InChI=1S/C14H26FN/c1-2-12-6-4-8-16(10-12)11-13-5-3-7-14(15)9-13/h12-14H,2-11H2,1H3. The van der Waals surface area contributed by atoms with Crippen molar-refractivity contribution < 1.29 is 4.39 Å². The molecular formula is C14H26FN. The first kappa shape index (κ1) is 12.3. The van der Waals surface area contributed by atoms with Crippen LogP contribution in [0.15, 0.2) is 0 Å². The summed E-state index contributed by atoms with van der Waals surface area (Å²) >= 11 is 0. The minimum atomic E-state index is -0.509. The molecule has 1 nitrogen and oxygen atoms in total. The number of halogens is 1. The predicted molar refractivity (Wildman–Crippen MR) is 66.3 cm³/mol. The number of rotatable bonds is 3. The topological polar surface area (TPSA) is 3.24 Å². The quantitative estimate of drug-likeness (QED) is 0.711. The normalized spacial score (nSPS) is 37.5. The van der Waals surface area contributed by atoms with Crippen molar-refractivity contribution in [2.75, 3.05) is 19.6 Å². The maximum Gasteiger partial charge on any atom is 0.100 e. The third-order valence-electron chi connectivity index (χ3n) is 4.42. The van der Waals surface area contributed by atoms with Crippen LogP contribution in [-0.4, -0.2) is 30.7 Å². The zero-order valence-corrected chi connectivity index (χ0v) is 10.6. The van der Waals surface area contributed by atoms with Crippen molar-refractivity contribution in [1.82, 2.24) is 4.90 Å². The van der Waals surface area contributed by atoms with Crippen LogP contribution in [0.3, 0.4) is 0 Å². The second kappa shape index (κ2) is 6.00. The molecule has 2 aliphatic rings. The molecular weight excluding hydrogens is 201 g/mol. The summed E-state index contributed by atoms with van der Waals surface area (Å²) in [4.78, 5) is 2.60. The Bertz CT molecular complexity index is 207. The molecule has 1 aliphatic carbocycles. The number of piperidine rings is 1. The van der Waals surface area contributed by atoms with E-state index in [1.54, 1.807) is 0 Å². The molecule has 94 valence electrons. The molecule has 0 radical (unpaired) electrons. The van der Waals surface area contributed by atoms with Crippen molar-refractivity contribution in [3.05, 3.63) is 0 Å². The number of likely N-dealkylation sites (tertiary alicyclic amines) is 1. The molecule has 2 rings (SSSR count). The average Bonchev–Trinajstić information content (AvgIpc) is 2.29. The molecule has 16 heavy (non-hydrogen) atoms. The molecule has 0 amide bonds. The van der Waals surface area contributed by atoms with Gasteiger partial charge in [0.1, 0.15) is 6.17 Å². The molecule has 0 spiro atoms. The van der Waals surface area contributed by atoms with Crippen LogP contribution >= 0.6 is 0 Å². The van der Waals surface area contributed by atoms with Gasteiger partial charge in [0.05, 0.1) is 0 Å². The molecule has 1 aliphatic heterocycles. The lowest BCUT2D eigenvalue weighted by atomic mass is 9.86. The monoisotopic (exact) mass is 227 g/mol. The highest BCUT2D eigenvalue weighted by Gasteiger charge is 2.25. The van der Waals surface area contributed by atoms with Crippen LogP contribution in [0.5, 0.6) is 0 Å². The summed E-state index contributed by atoms with van der Waals surface area (Å²) in [5.74, 6) is 1.54. The van der Waals surface area contributed by atoms with Crippen LogP contribution in [0, 0.1) is 11.8 Å². The SMILES string of the molecule is CCC1CCCN(CC2CCCC(F)C2)C1. The van der Waals surface area contributed by atoms with Gasteiger partial charge in [0.15, 0.2) is 0 Å². The number of hydrogen-bond donors (Lipinski definition) is 0. The van der Waals surface area contributed by atoms with E-state index in [0.717, 1.165) is 31.7 Å². The summed E-state index contributed by atoms with van der Waals surface area (Å²) in [5.41, 5.74) is 0. The molecule has 3 unspecified atom stereocenters. The highest BCUT2D eigenvalue weighted by Crippen LogP contribution is 2.28. The summed E-state index contributed by atoms with van der Waals surface area (Å²) in [6.07, 6.45) is 7.57. The van der Waals surface area contributed by atoms with Gasteiger partial charge in [-0.15, -0.1) is 0 Å². The van der Waals surface area contributed by atoms with E-state index in [0.29, 0.717) is 5.92 Å². The minimum Gasteiger partial charge on any atom is -0.303 e. The summed E-state index contributed by atoms with van der Waals surface area (Å²) in [7, 11) is 0. The first-order valence-electron chi connectivity index (χ1n) is 7.14. The zero-order valence-electron chi connectivity index (χ0n) is 10.6. The van der Waals surface area contributed by atoms with Crippen LogP contribution < -0.4 is 0 Å². The minimum absolute atomic E-state index is 0.509. The lowest BCUT2D eigenvalue weighted by Gasteiger charge is -2.36. The third kappa shape index (κ3) is 3.44. The molecule has 0 bridgehead atoms. The van der Waals surface area contributed by atoms with E-state index < -0.39 is 6.17 Å². The molecule has 0 aromatic heterocycles. The molecule has 0 aromatic rings. The molecule has 1 saturated heterocycles. The van der Waals surface area contributed by atoms with Crippen LogP contribution in [0.1, 0.15) is 51.9 Å². The maximum absolute atomic E-state index is 13.3. The number of alkyl halides is 1. The first-order valence-corrected chi connectivity index (χ1v) is 7.14. The first-order chi connectivity index (χ1) is 7.78. The third-order valence-corrected chi connectivity index (χ3v) is 4.42. The zero-order chi connectivity index (χ0) is 11.4. The van der Waals surface area contributed by atoms with E-state index in [4.69, 9.17) is 0 Å². The van der Waals surface area contributed by atoms with E-state index >= 15 is 0 Å².